The van der Waals surface area contributed by atoms with Crippen LogP contribution in [-0.4, -0.2) is 7.11 Å². The van der Waals surface area contributed by atoms with Crippen LogP contribution in [0.4, 0.5) is 0 Å². The lowest BCUT2D eigenvalue weighted by molar-refractivity contribution is -0.885. The maximum absolute atomic E-state index is 4.86. The molecule has 0 unspecified atom stereocenters. The molecular formula is C6H7BrNO+. The van der Waals surface area contributed by atoms with Crippen LogP contribution in [0, 0.1) is 0 Å². The van der Waals surface area contributed by atoms with Crippen molar-refractivity contribution in [3.8, 4) is 0 Å². The SMILES string of the molecule is CO[n+]1ccc(Br)cc1. The van der Waals surface area contributed by atoms with Crippen LogP contribution in [0.2, 0.25) is 0 Å². The molecule has 0 aliphatic rings. The Hall–Kier alpha value is -0.570. The zero-order valence-corrected chi connectivity index (χ0v) is 6.63. The molecule has 0 aromatic carbocycles. The summed E-state index contributed by atoms with van der Waals surface area (Å²) >= 11 is 3.31. The van der Waals surface area contributed by atoms with Crippen LogP contribution in [0.25, 0.3) is 0 Å². The number of hydrogen-bond donors (Lipinski definition) is 0. The third-order valence-electron chi connectivity index (χ3n) is 0.972. The highest BCUT2D eigenvalue weighted by molar-refractivity contribution is 9.10. The van der Waals surface area contributed by atoms with Gasteiger partial charge in [0, 0.05) is 21.3 Å². The molecule has 1 rings (SSSR count). The van der Waals surface area contributed by atoms with Crippen LogP contribution in [0.3, 0.4) is 0 Å². The predicted molar refractivity (Wildman–Crippen MR) is 36.8 cm³/mol. The fraction of sp³-hybridized carbons (Fsp3) is 0.167. The largest absolute Gasteiger partial charge is 0.275 e. The Morgan fingerprint density at radius 1 is 1.44 bits per heavy atom. The van der Waals surface area contributed by atoms with E-state index < -0.39 is 0 Å². The molecule has 9 heavy (non-hydrogen) atoms. The number of pyridine rings is 1. The second-order valence-electron chi connectivity index (χ2n) is 1.56. The Kier molecular flexibility index (Phi) is 2.05. The number of rotatable bonds is 1. The summed E-state index contributed by atoms with van der Waals surface area (Å²) in [7, 11) is 1.62. The summed E-state index contributed by atoms with van der Waals surface area (Å²) < 4.78 is 2.67. The first-order valence-corrected chi connectivity index (χ1v) is 3.33. The standard InChI is InChI=1S/C6H7BrNO/c1-9-8-4-2-6(7)3-5-8/h2-5H,1H3/q+1. The fourth-order valence-electron chi connectivity index (χ4n) is 0.516. The summed E-state index contributed by atoms with van der Waals surface area (Å²) in [6.45, 7) is 0. The normalized spacial score (nSPS) is 9.11. The van der Waals surface area contributed by atoms with Crippen molar-refractivity contribution in [3.05, 3.63) is 29.0 Å². The number of aromatic nitrogens is 1. The van der Waals surface area contributed by atoms with E-state index in [9.17, 15) is 0 Å². The van der Waals surface area contributed by atoms with Crippen molar-refractivity contribution in [2.75, 3.05) is 7.11 Å². The van der Waals surface area contributed by atoms with E-state index in [1.807, 2.05) is 24.5 Å². The van der Waals surface area contributed by atoms with Crippen molar-refractivity contribution >= 4 is 15.9 Å². The summed E-state index contributed by atoms with van der Waals surface area (Å²) in [5.41, 5.74) is 0. The summed E-state index contributed by atoms with van der Waals surface area (Å²) in [6, 6.07) is 3.81. The van der Waals surface area contributed by atoms with Gasteiger partial charge in [0.2, 0.25) is 12.4 Å². The van der Waals surface area contributed by atoms with E-state index in [1.54, 1.807) is 11.8 Å². The quantitative estimate of drug-likeness (QED) is 0.595. The lowest BCUT2D eigenvalue weighted by atomic mass is 10.5. The summed E-state index contributed by atoms with van der Waals surface area (Å²) in [5.74, 6) is 0. The van der Waals surface area contributed by atoms with Gasteiger partial charge in [-0.05, 0) is 0 Å². The van der Waals surface area contributed by atoms with Gasteiger partial charge in [0.25, 0.3) is 0 Å². The molecule has 0 spiro atoms. The van der Waals surface area contributed by atoms with Crippen molar-refractivity contribution in [1.82, 2.24) is 0 Å². The summed E-state index contributed by atoms with van der Waals surface area (Å²) in [4.78, 5) is 4.86. The predicted octanol–water partition coefficient (Wildman–Crippen LogP) is 0.795. The Balaban J connectivity index is 2.88. The third kappa shape index (κ3) is 1.68. The molecule has 0 fully saturated rings. The van der Waals surface area contributed by atoms with E-state index in [0.717, 1.165) is 4.47 Å². The molecular weight excluding hydrogens is 182 g/mol. The van der Waals surface area contributed by atoms with Crippen LogP contribution in [0.5, 0.6) is 0 Å². The minimum absolute atomic E-state index is 1.05. The molecule has 48 valence electrons. The van der Waals surface area contributed by atoms with Crippen LogP contribution in [-0.2, 0) is 0 Å². The molecule has 0 radical (unpaired) electrons. The highest BCUT2D eigenvalue weighted by atomic mass is 79.9. The Morgan fingerprint density at radius 3 is 2.44 bits per heavy atom. The highest BCUT2D eigenvalue weighted by Crippen LogP contribution is 2.02. The van der Waals surface area contributed by atoms with E-state index in [0.29, 0.717) is 0 Å². The van der Waals surface area contributed by atoms with E-state index in [1.165, 1.54) is 0 Å². The van der Waals surface area contributed by atoms with E-state index in [-0.39, 0.29) is 0 Å². The average Bonchev–Trinajstić information content (AvgIpc) is 1.90. The average molecular weight is 189 g/mol. The second-order valence-corrected chi connectivity index (χ2v) is 2.47. The smallest absolute Gasteiger partial charge is 0.223 e. The molecule has 0 aliphatic heterocycles. The molecule has 1 aromatic heterocycles. The maximum atomic E-state index is 4.86. The lowest BCUT2D eigenvalue weighted by Crippen LogP contribution is -2.39. The first kappa shape index (κ1) is 6.55. The van der Waals surface area contributed by atoms with Gasteiger partial charge in [-0.15, -0.1) is 0 Å². The maximum Gasteiger partial charge on any atom is 0.223 e. The molecule has 0 atom stereocenters. The molecule has 0 bridgehead atoms. The van der Waals surface area contributed by atoms with Crippen molar-refractivity contribution < 1.29 is 9.57 Å². The Bertz CT molecular complexity index is 185. The lowest BCUT2D eigenvalue weighted by Gasteiger charge is -1.87. The molecule has 3 heteroatoms. The van der Waals surface area contributed by atoms with Crippen molar-refractivity contribution in [2.24, 2.45) is 0 Å². The van der Waals surface area contributed by atoms with Crippen molar-refractivity contribution in [3.63, 3.8) is 0 Å². The number of nitrogens with zero attached hydrogens (tertiary/aromatic N) is 1. The molecule has 0 aliphatic carbocycles. The zero-order valence-electron chi connectivity index (χ0n) is 5.04. The first-order valence-electron chi connectivity index (χ1n) is 2.54. The van der Waals surface area contributed by atoms with Gasteiger partial charge in [0.1, 0.15) is 7.11 Å². The number of hydrogen-bond acceptors (Lipinski definition) is 1. The molecule has 1 heterocycles. The van der Waals surface area contributed by atoms with Crippen molar-refractivity contribution in [2.45, 2.75) is 0 Å². The molecule has 0 N–H and O–H groups in total. The minimum Gasteiger partial charge on any atom is -0.275 e. The monoisotopic (exact) mass is 188 g/mol. The summed E-state index contributed by atoms with van der Waals surface area (Å²) in [5, 5.41) is 0. The third-order valence-corrected chi connectivity index (χ3v) is 1.50. The van der Waals surface area contributed by atoms with E-state index >= 15 is 0 Å². The van der Waals surface area contributed by atoms with Gasteiger partial charge in [-0.2, -0.15) is 0 Å². The first-order chi connectivity index (χ1) is 4.33. The topological polar surface area (TPSA) is 13.1 Å². The van der Waals surface area contributed by atoms with Crippen LogP contribution >= 0.6 is 15.9 Å². The Morgan fingerprint density at radius 2 is 2.00 bits per heavy atom. The van der Waals surface area contributed by atoms with Gasteiger partial charge in [0.05, 0.1) is 0 Å². The Labute approximate surface area is 62.2 Å². The van der Waals surface area contributed by atoms with Gasteiger partial charge in [-0.3, -0.25) is 4.84 Å². The van der Waals surface area contributed by atoms with Gasteiger partial charge in [0.15, 0.2) is 0 Å². The molecule has 1 aromatic rings. The second kappa shape index (κ2) is 2.82. The molecule has 0 saturated heterocycles. The van der Waals surface area contributed by atoms with Gasteiger partial charge in [-0.1, -0.05) is 15.9 Å². The van der Waals surface area contributed by atoms with Crippen molar-refractivity contribution in [1.29, 1.82) is 0 Å². The summed E-state index contributed by atoms with van der Waals surface area (Å²) in [6.07, 6.45) is 3.65. The van der Waals surface area contributed by atoms with Crippen LogP contribution in [0.1, 0.15) is 0 Å². The number of halogens is 1. The molecule has 2 nitrogen and oxygen atoms in total. The van der Waals surface area contributed by atoms with Crippen LogP contribution in [0.15, 0.2) is 29.0 Å². The molecule has 0 amide bonds. The van der Waals surface area contributed by atoms with Gasteiger partial charge >= 0.3 is 0 Å². The minimum atomic E-state index is 1.05. The molecule has 0 saturated carbocycles. The van der Waals surface area contributed by atoms with Gasteiger partial charge in [-0.25, -0.2) is 0 Å². The zero-order chi connectivity index (χ0) is 6.69. The van der Waals surface area contributed by atoms with Gasteiger partial charge < -0.3 is 0 Å². The van der Waals surface area contributed by atoms with E-state index in [2.05, 4.69) is 15.9 Å². The van der Waals surface area contributed by atoms with Crippen LogP contribution < -0.4 is 9.57 Å². The highest BCUT2D eigenvalue weighted by Gasteiger charge is 1.94. The van der Waals surface area contributed by atoms with E-state index in [4.69, 9.17) is 4.84 Å². The fourth-order valence-corrected chi connectivity index (χ4v) is 0.753.